The van der Waals surface area contributed by atoms with E-state index in [0.717, 1.165) is 6.54 Å². The van der Waals surface area contributed by atoms with Crippen molar-refractivity contribution in [3.63, 3.8) is 0 Å². The van der Waals surface area contributed by atoms with Crippen molar-refractivity contribution in [3.05, 3.63) is 21.9 Å². The molecule has 1 N–H and O–H groups in total. The fourth-order valence-corrected chi connectivity index (χ4v) is 3.83. The summed E-state index contributed by atoms with van der Waals surface area (Å²) in [4.78, 5) is 4.28. The molecule has 1 aromatic rings. The van der Waals surface area contributed by atoms with Crippen molar-refractivity contribution in [2.75, 3.05) is 20.1 Å². The Labute approximate surface area is 109 Å². The predicted molar refractivity (Wildman–Crippen MR) is 75.8 cm³/mol. The number of rotatable bonds is 5. The highest BCUT2D eigenvalue weighted by Gasteiger charge is 2.27. The molecule has 1 aliphatic heterocycles. The van der Waals surface area contributed by atoms with E-state index in [1.807, 2.05) is 18.4 Å². The van der Waals surface area contributed by atoms with E-state index in [-0.39, 0.29) is 0 Å². The molecule has 96 valence electrons. The maximum atomic E-state index is 3.23. The molecule has 0 saturated carbocycles. The summed E-state index contributed by atoms with van der Waals surface area (Å²) in [5, 5.41) is 5.48. The van der Waals surface area contributed by atoms with Crippen molar-refractivity contribution in [1.29, 1.82) is 0 Å². The lowest BCUT2D eigenvalue weighted by molar-refractivity contribution is 0.137. The van der Waals surface area contributed by atoms with Gasteiger partial charge in [-0.2, -0.15) is 0 Å². The van der Waals surface area contributed by atoms with Crippen molar-refractivity contribution in [2.24, 2.45) is 0 Å². The SMILES string of the molecule is CNCCCC(C)N1CCc2sccc2C1C. The molecule has 3 heteroatoms. The largest absolute Gasteiger partial charge is 0.320 e. The second-order valence-electron chi connectivity index (χ2n) is 5.06. The predicted octanol–water partition coefficient (Wildman–Crippen LogP) is 3.06. The second kappa shape index (κ2) is 5.98. The van der Waals surface area contributed by atoms with Gasteiger partial charge in [-0.25, -0.2) is 0 Å². The van der Waals surface area contributed by atoms with Crippen molar-refractivity contribution >= 4 is 11.3 Å². The number of thiophene rings is 1. The van der Waals surface area contributed by atoms with E-state index in [1.165, 1.54) is 25.8 Å². The number of fused-ring (bicyclic) bond motifs is 1. The van der Waals surface area contributed by atoms with Crippen molar-refractivity contribution in [2.45, 2.75) is 45.2 Å². The zero-order valence-electron chi connectivity index (χ0n) is 11.2. The third kappa shape index (κ3) is 2.90. The summed E-state index contributed by atoms with van der Waals surface area (Å²) in [6, 6.07) is 3.62. The van der Waals surface area contributed by atoms with Gasteiger partial charge in [-0.15, -0.1) is 11.3 Å². The molecule has 1 aliphatic rings. The van der Waals surface area contributed by atoms with Gasteiger partial charge in [-0.05, 0) is 63.7 Å². The molecule has 2 atom stereocenters. The van der Waals surface area contributed by atoms with Crippen LogP contribution in [0, 0.1) is 0 Å². The van der Waals surface area contributed by atoms with Gasteiger partial charge in [0.25, 0.3) is 0 Å². The summed E-state index contributed by atoms with van der Waals surface area (Å²) in [6.45, 7) is 7.11. The first kappa shape index (κ1) is 13.1. The van der Waals surface area contributed by atoms with Crippen LogP contribution in [-0.4, -0.2) is 31.1 Å². The summed E-state index contributed by atoms with van der Waals surface area (Å²) >= 11 is 1.93. The second-order valence-corrected chi connectivity index (χ2v) is 6.06. The summed E-state index contributed by atoms with van der Waals surface area (Å²) in [6.07, 6.45) is 3.82. The Morgan fingerprint density at radius 3 is 3.18 bits per heavy atom. The Bertz CT molecular complexity index is 348. The Morgan fingerprint density at radius 2 is 2.41 bits per heavy atom. The van der Waals surface area contributed by atoms with Gasteiger partial charge in [0.1, 0.15) is 0 Å². The number of nitrogens with zero attached hydrogens (tertiary/aromatic N) is 1. The third-order valence-corrected chi connectivity index (χ3v) is 4.94. The molecule has 0 amide bonds. The van der Waals surface area contributed by atoms with Crippen LogP contribution in [0.2, 0.25) is 0 Å². The van der Waals surface area contributed by atoms with Crippen LogP contribution >= 0.6 is 11.3 Å². The summed E-state index contributed by atoms with van der Waals surface area (Å²) < 4.78 is 0. The van der Waals surface area contributed by atoms with Crippen LogP contribution in [0.1, 0.15) is 43.2 Å². The maximum Gasteiger partial charge on any atom is 0.0333 e. The highest BCUT2D eigenvalue weighted by molar-refractivity contribution is 7.10. The highest BCUT2D eigenvalue weighted by Crippen LogP contribution is 2.34. The van der Waals surface area contributed by atoms with E-state index in [2.05, 4.69) is 35.5 Å². The molecule has 2 nitrogen and oxygen atoms in total. The van der Waals surface area contributed by atoms with Gasteiger partial charge in [0, 0.05) is 23.5 Å². The molecule has 0 aliphatic carbocycles. The topological polar surface area (TPSA) is 15.3 Å². The van der Waals surface area contributed by atoms with E-state index in [4.69, 9.17) is 0 Å². The van der Waals surface area contributed by atoms with E-state index < -0.39 is 0 Å². The first-order valence-electron chi connectivity index (χ1n) is 6.70. The van der Waals surface area contributed by atoms with Gasteiger partial charge in [0.2, 0.25) is 0 Å². The van der Waals surface area contributed by atoms with Gasteiger partial charge in [-0.3, -0.25) is 4.90 Å². The molecule has 0 fully saturated rings. The first-order chi connectivity index (χ1) is 8.24. The standard InChI is InChI=1S/C14H24N2S/c1-11(5-4-8-15-3)16-9-6-14-13(12(16)2)7-10-17-14/h7,10-12,15H,4-6,8-9H2,1-3H3. The highest BCUT2D eigenvalue weighted by atomic mass is 32.1. The molecule has 0 aromatic carbocycles. The molecule has 2 heterocycles. The molecule has 0 saturated heterocycles. The Kier molecular flexibility index (Phi) is 4.60. The van der Waals surface area contributed by atoms with Crippen LogP contribution < -0.4 is 5.32 Å². The number of hydrogen-bond acceptors (Lipinski definition) is 3. The Balaban J connectivity index is 1.94. The van der Waals surface area contributed by atoms with E-state index >= 15 is 0 Å². The zero-order chi connectivity index (χ0) is 12.3. The quantitative estimate of drug-likeness (QED) is 0.810. The van der Waals surface area contributed by atoms with E-state index in [1.54, 1.807) is 10.4 Å². The lowest BCUT2D eigenvalue weighted by atomic mass is 9.98. The summed E-state index contributed by atoms with van der Waals surface area (Å²) in [7, 11) is 2.03. The lowest BCUT2D eigenvalue weighted by Crippen LogP contribution is -2.40. The minimum atomic E-state index is 0.606. The molecule has 0 bridgehead atoms. The van der Waals surface area contributed by atoms with Crippen molar-refractivity contribution in [3.8, 4) is 0 Å². The zero-order valence-corrected chi connectivity index (χ0v) is 12.0. The first-order valence-corrected chi connectivity index (χ1v) is 7.58. The van der Waals surface area contributed by atoms with Gasteiger partial charge >= 0.3 is 0 Å². The normalized spacial score (nSPS) is 22.4. The molecular formula is C14H24N2S. The molecule has 1 aromatic heterocycles. The van der Waals surface area contributed by atoms with E-state index in [9.17, 15) is 0 Å². The number of nitrogens with one attached hydrogen (secondary N) is 1. The van der Waals surface area contributed by atoms with Gasteiger partial charge in [-0.1, -0.05) is 0 Å². The summed E-state index contributed by atoms with van der Waals surface area (Å²) in [5.41, 5.74) is 1.57. The van der Waals surface area contributed by atoms with Crippen LogP contribution in [-0.2, 0) is 6.42 Å². The number of hydrogen-bond donors (Lipinski definition) is 1. The van der Waals surface area contributed by atoms with Gasteiger partial charge < -0.3 is 5.32 Å². The van der Waals surface area contributed by atoms with Gasteiger partial charge in [0.05, 0.1) is 0 Å². The van der Waals surface area contributed by atoms with Crippen LogP contribution in [0.15, 0.2) is 11.4 Å². The van der Waals surface area contributed by atoms with Crippen molar-refractivity contribution < 1.29 is 0 Å². The van der Waals surface area contributed by atoms with Crippen LogP contribution in [0.3, 0.4) is 0 Å². The third-order valence-electron chi connectivity index (χ3n) is 3.94. The van der Waals surface area contributed by atoms with Gasteiger partial charge in [0.15, 0.2) is 0 Å². The molecule has 2 unspecified atom stereocenters. The average Bonchev–Trinajstić information content (AvgIpc) is 2.78. The molecule has 2 rings (SSSR count). The summed E-state index contributed by atoms with van der Waals surface area (Å²) in [5.74, 6) is 0. The minimum absolute atomic E-state index is 0.606. The van der Waals surface area contributed by atoms with Crippen LogP contribution in [0.5, 0.6) is 0 Å². The fourth-order valence-electron chi connectivity index (χ4n) is 2.87. The Hall–Kier alpha value is -0.380. The van der Waals surface area contributed by atoms with Crippen molar-refractivity contribution in [1.82, 2.24) is 10.2 Å². The monoisotopic (exact) mass is 252 g/mol. The Morgan fingerprint density at radius 1 is 1.59 bits per heavy atom. The molecule has 0 radical (unpaired) electrons. The maximum absolute atomic E-state index is 3.23. The molecule has 0 spiro atoms. The fraction of sp³-hybridized carbons (Fsp3) is 0.714. The smallest absolute Gasteiger partial charge is 0.0333 e. The van der Waals surface area contributed by atoms with E-state index in [0.29, 0.717) is 12.1 Å². The molecular weight excluding hydrogens is 228 g/mol. The minimum Gasteiger partial charge on any atom is -0.320 e. The molecule has 17 heavy (non-hydrogen) atoms. The van der Waals surface area contributed by atoms with Crippen LogP contribution in [0.25, 0.3) is 0 Å². The lowest BCUT2D eigenvalue weighted by Gasteiger charge is -2.38. The van der Waals surface area contributed by atoms with Crippen LogP contribution in [0.4, 0.5) is 0 Å². The average molecular weight is 252 g/mol.